The Bertz CT molecular complexity index is 648. The first kappa shape index (κ1) is 15.6. The van der Waals surface area contributed by atoms with E-state index in [1.807, 2.05) is 37.7 Å². The molecule has 1 aliphatic heterocycles. The second-order valence-electron chi connectivity index (χ2n) is 6.72. The van der Waals surface area contributed by atoms with Crippen LogP contribution in [0.2, 0.25) is 0 Å². The predicted molar refractivity (Wildman–Crippen MR) is 89.6 cm³/mol. The number of nitrogens with zero attached hydrogens (tertiary/aromatic N) is 3. The van der Waals surface area contributed by atoms with E-state index >= 15 is 0 Å². The fourth-order valence-corrected chi connectivity index (χ4v) is 4.22. The molecule has 6 nitrogen and oxygen atoms in total. The number of pyridine rings is 1. The third kappa shape index (κ3) is 2.91. The topological polar surface area (TPSA) is 63.3 Å². The highest BCUT2D eigenvalue weighted by atomic mass is 16.5. The zero-order valence-corrected chi connectivity index (χ0v) is 14.0. The lowest BCUT2D eigenvalue weighted by Gasteiger charge is -2.43. The van der Waals surface area contributed by atoms with Crippen molar-refractivity contribution in [3.05, 3.63) is 42.6 Å². The van der Waals surface area contributed by atoms with Crippen molar-refractivity contribution >= 4 is 0 Å². The van der Waals surface area contributed by atoms with E-state index in [9.17, 15) is 0 Å². The summed E-state index contributed by atoms with van der Waals surface area (Å²) in [6.07, 6.45) is 9.72. The van der Waals surface area contributed by atoms with Crippen LogP contribution in [0.5, 0.6) is 5.88 Å². The van der Waals surface area contributed by atoms with Gasteiger partial charge >= 0.3 is 0 Å². The maximum Gasteiger partial charge on any atom is 0.213 e. The van der Waals surface area contributed by atoms with Gasteiger partial charge in [-0.15, -0.1) is 0 Å². The number of aromatic amines is 1. The van der Waals surface area contributed by atoms with Crippen molar-refractivity contribution in [2.45, 2.75) is 50.0 Å². The Kier molecular flexibility index (Phi) is 4.24. The Morgan fingerprint density at radius 3 is 3.00 bits per heavy atom. The minimum Gasteiger partial charge on any atom is -0.474 e. The molecule has 3 heterocycles. The average molecular weight is 328 g/mol. The summed E-state index contributed by atoms with van der Waals surface area (Å²) in [5.41, 5.74) is -0.0451. The number of aromatic nitrogens is 3. The Balaban J connectivity index is 1.48. The number of hydrogen-bond acceptors (Lipinski definition) is 5. The first-order valence-corrected chi connectivity index (χ1v) is 8.64. The standard InChI is InChI=1S/C18H24N4O2/c1-23-18-6-5-14(24-17-4-2-3-8-21-17)12-15(18)22(11-7-18)13-16-19-9-10-20-16/h2-4,8-10,14-15H,5-7,11-13H2,1H3,(H,19,20)/t14-,15-,18+/m0/s1. The van der Waals surface area contributed by atoms with Gasteiger partial charge in [-0.1, -0.05) is 6.07 Å². The van der Waals surface area contributed by atoms with Crippen LogP contribution in [0, 0.1) is 0 Å². The monoisotopic (exact) mass is 328 g/mol. The molecule has 1 saturated carbocycles. The summed E-state index contributed by atoms with van der Waals surface area (Å²) in [5, 5.41) is 0. The highest BCUT2D eigenvalue weighted by molar-refractivity contribution is 5.12. The van der Waals surface area contributed by atoms with Gasteiger partial charge in [0.05, 0.1) is 12.1 Å². The molecule has 24 heavy (non-hydrogen) atoms. The summed E-state index contributed by atoms with van der Waals surface area (Å²) in [5.74, 6) is 1.72. The maximum atomic E-state index is 6.12. The van der Waals surface area contributed by atoms with Crippen molar-refractivity contribution in [3.63, 3.8) is 0 Å². The molecule has 1 saturated heterocycles. The third-order valence-corrected chi connectivity index (χ3v) is 5.49. The van der Waals surface area contributed by atoms with Crippen molar-refractivity contribution in [3.8, 4) is 5.88 Å². The second kappa shape index (κ2) is 6.53. The molecule has 1 aliphatic carbocycles. The largest absolute Gasteiger partial charge is 0.474 e. The number of nitrogens with one attached hydrogen (secondary N) is 1. The number of methoxy groups -OCH3 is 1. The molecule has 4 rings (SSSR count). The molecular formula is C18H24N4O2. The van der Waals surface area contributed by atoms with E-state index in [1.165, 1.54) is 0 Å². The summed E-state index contributed by atoms with van der Waals surface area (Å²) >= 11 is 0. The Morgan fingerprint density at radius 2 is 2.25 bits per heavy atom. The summed E-state index contributed by atoms with van der Waals surface area (Å²) in [6, 6.07) is 6.15. The minimum atomic E-state index is -0.0451. The molecule has 128 valence electrons. The van der Waals surface area contributed by atoms with Crippen LogP contribution in [0.25, 0.3) is 0 Å². The van der Waals surface area contributed by atoms with Crippen LogP contribution >= 0.6 is 0 Å². The van der Waals surface area contributed by atoms with Crippen molar-refractivity contribution in [2.24, 2.45) is 0 Å². The van der Waals surface area contributed by atoms with Gasteiger partial charge in [0.1, 0.15) is 11.9 Å². The third-order valence-electron chi connectivity index (χ3n) is 5.49. The molecule has 0 bridgehead atoms. The van der Waals surface area contributed by atoms with E-state index in [1.54, 1.807) is 6.20 Å². The number of H-pyrrole nitrogens is 1. The number of rotatable bonds is 5. The number of hydrogen-bond donors (Lipinski definition) is 1. The Hall–Kier alpha value is -1.92. The molecule has 2 fully saturated rings. The lowest BCUT2D eigenvalue weighted by Crippen LogP contribution is -2.52. The van der Waals surface area contributed by atoms with Crippen LogP contribution in [0.4, 0.5) is 0 Å². The van der Waals surface area contributed by atoms with Crippen LogP contribution in [-0.2, 0) is 11.3 Å². The molecule has 0 spiro atoms. The highest BCUT2D eigenvalue weighted by Crippen LogP contribution is 2.43. The molecule has 3 atom stereocenters. The van der Waals surface area contributed by atoms with Crippen molar-refractivity contribution in [1.29, 1.82) is 0 Å². The van der Waals surface area contributed by atoms with Gasteiger partial charge < -0.3 is 14.5 Å². The van der Waals surface area contributed by atoms with Gasteiger partial charge in [0.15, 0.2) is 0 Å². The van der Waals surface area contributed by atoms with E-state index in [2.05, 4.69) is 19.9 Å². The van der Waals surface area contributed by atoms with E-state index < -0.39 is 0 Å². The highest BCUT2D eigenvalue weighted by Gasteiger charge is 2.51. The Morgan fingerprint density at radius 1 is 1.29 bits per heavy atom. The van der Waals surface area contributed by atoms with Gasteiger partial charge in [-0.05, 0) is 25.3 Å². The predicted octanol–water partition coefficient (Wildman–Crippen LogP) is 2.40. The summed E-state index contributed by atoms with van der Waals surface area (Å²) in [4.78, 5) is 14.4. The van der Waals surface area contributed by atoms with Crippen LogP contribution in [0.3, 0.4) is 0 Å². The van der Waals surface area contributed by atoms with Gasteiger partial charge in [-0.2, -0.15) is 0 Å². The van der Waals surface area contributed by atoms with Gasteiger partial charge in [-0.3, -0.25) is 4.90 Å². The summed E-state index contributed by atoms with van der Waals surface area (Å²) < 4.78 is 12.1. The first-order valence-electron chi connectivity index (χ1n) is 8.64. The second-order valence-corrected chi connectivity index (χ2v) is 6.72. The minimum absolute atomic E-state index is 0.0451. The average Bonchev–Trinajstić information content (AvgIpc) is 3.25. The normalized spacial score (nSPS) is 30.2. The molecule has 2 aromatic heterocycles. The van der Waals surface area contributed by atoms with E-state index in [-0.39, 0.29) is 11.7 Å². The molecule has 2 aromatic rings. The number of fused-ring (bicyclic) bond motifs is 1. The number of likely N-dealkylation sites (tertiary alicyclic amines) is 1. The maximum absolute atomic E-state index is 6.12. The SMILES string of the molecule is CO[C@@]12CC[C@H](Oc3ccccn3)C[C@@H]1N(Cc1ncc[nH]1)CC2. The number of imidazole rings is 1. The summed E-state index contributed by atoms with van der Waals surface area (Å²) in [6.45, 7) is 1.87. The molecule has 0 amide bonds. The van der Waals surface area contributed by atoms with Gasteiger partial charge in [0.2, 0.25) is 5.88 Å². The van der Waals surface area contributed by atoms with Gasteiger partial charge in [0, 0.05) is 50.8 Å². The van der Waals surface area contributed by atoms with E-state index in [0.29, 0.717) is 11.9 Å². The van der Waals surface area contributed by atoms with Crippen LogP contribution in [0.15, 0.2) is 36.8 Å². The molecular weight excluding hydrogens is 304 g/mol. The van der Waals surface area contributed by atoms with Crippen LogP contribution < -0.4 is 4.74 Å². The zero-order chi connectivity index (χ0) is 16.4. The molecule has 0 radical (unpaired) electrons. The molecule has 0 aromatic carbocycles. The van der Waals surface area contributed by atoms with Gasteiger partial charge in [-0.25, -0.2) is 9.97 Å². The van der Waals surface area contributed by atoms with Crippen LogP contribution in [0.1, 0.15) is 31.5 Å². The van der Waals surface area contributed by atoms with Crippen molar-refractivity contribution in [1.82, 2.24) is 19.9 Å². The van der Waals surface area contributed by atoms with Gasteiger partial charge in [0.25, 0.3) is 0 Å². The lowest BCUT2D eigenvalue weighted by atomic mass is 9.79. The Labute approximate surface area is 142 Å². The summed E-state index contributed by atoms with van der Waals surface area (Å²) in [7, 11) is 1.85. The molecule has 2 aliphatic rings. The molecule has 6 heteroatoms. The first-order chi connectivity index (χ1) is 11.8. The zero-order valence-electron chi connectivity index (χ0n) is 14.0. The van der Waals surface area contributed by atoms with Crippen LogP contribution in [-0.4, -0.2) is 51.3 Å². The number of ether oxygens (including phenoxy) is 2. The molecule has 0 unspecified atom stereocenters. The fourth-order valence-electron chi connectivity index (χ4n) is 4.22. The molecule has 1 N–H and O–H groups in total. The quantitative estimate of drug-likeness (QED) is 0.913. The smallest absolute Gasteiger partial charge is 0.213 e. The fraction of sp³-hybridized carbons (Fsp3) is 0.556. The lowest BCUT2D eigenvalue weighted by molar-refractivity contribution is -0.0845. The van der Waals surface area contributed by atoms with Crippen molar-refractivity contribution in [2.75, 3.05) is 13.7 Å². The van der Waals surface area contributed by atoms with E-state index in [4.69, 9.17) is 9.47 Å². The van der Waals surface area contributed by atoms with E-state index in [0.717, 1.165) is 44.6 Å². The van der Waals surface area contributed by atoms with Crippen molar-refractivity contribution < 1.29 is 9.47 Å².